The number of hydrogen-bond acceptors (Lipinski definition) is 3. The minimum Gasteiger partial charge on any atom is -0.369 e. The van der Waals surface area contributed by atoms with Crippen LogP contribution < -0.4 is 5.73 Å². The van der Waals surface area contributed by atoms with Crippen molar-refractivity contribution in [1.82, 2.24) is 9.80 Å². The maximum atomic E-state index is 11.6. The van der Waals surface area contributed by atoms with Gasteiger partial charge in [0.05, 0.1) is 5.92 Å². The Hall–Kier alpha value is -1.10. The highest BCUT2D eigenvalue weighted by Gasteiger charge is 2.32. The van der Waals surface area contributed by atoms with Crippen LogP contribution >= 0.6 is 0 Å². The Morgan fingerprint density at radius 3 is 2.59 bits per heavy atom. The summed E-state index contributed by atoms with van der Waals surface area (Å²) in [5.41, 5.74) is 5.22. The molecule has 5 heteroatoms. The molecular weight excluding hydrogens is 218 g/mol. The molecule has 1 aliphatic rings. The molecule has 1 heterocycles. The lowest BCUT2D eigenvalue weighted by atomic mass is 10.1. The molecular formula is C12H23N3O2. The molecule has 0 aromatic carbocycles. The van der Waals surface area contributed by atoms with Crippen molar-refractivity contribution in [3.63, 3.8) is 0 Å². The fourth-order valence-corrected chi connectivity index (χ4v) is 2.20. The second-order valence-corrected chi connectivity index (χ2v) is 4.52. The molecule has 2 amide bonds. The molecule has 1 rings (SSSR count). The van der Waals surface area contributed by atoms with Crippen LogP contribution in [0.5, 0.6) is 0 Å². The van der Waals surface area contributed by atoms with Crippen molar-refractivity contribution in [3.8, 4) is 0 Å². The second-order valence-electron chi connectivity index (χ2n) is 4.52. The van der Waals surface area contributed by atoms with Gasteiger partial charge in [-0.2, -0.15) is 0 Å². The summed E-state index contributed by atoms with van der Waals surface area (Å²) in [4.78, 5) is 26.7. The monoisotopic (exact) mass is 241 g/mol. The van der Waals surface area contributed by atoms with Crippen molar-refractivity contribution in [2.24, 2.45) is 11.7 Å². The van der Waals surface area contributed by atoms with E-state index in [1.54, 1.807) is 4.90 Å². The van der Waals surface area contributed by atoms with Gasteiger partial charge in [0.2, 0.25) is 11.8 Å². The predicted octanol–water partition coefficient (Wildman–Crippen LogP) is 0.0521. The molecule has 0 radical (unpaired) electrons. The number of carbonyl (C=O) groups excluding carboxylic acids is 2. The van der Waals surface area contributed by atoms with Crippen LogP contribution in [0.2, 0.25) is 0 Å². The average Bonchev–Trinajstić information content (AvgIpc) is 2.67. The van der Waals surface area contributed by atoms with Crippen LogP contribution in [0.4, 0.5) is 0 Å². The second kappa shape index (κ2) is 6.59. The first-order valence-corrected chi connectivity index (χ1v) is 6.37. The molecule has 17 heavy (non-hydrogen) atoms. The summed E-state index contributed by atoms with van der Waals surface area (Å²) < 4.78 is 0. The minimum absolute atomic E-state index is 0.0633. The van der Waals surface area contributed by atoms with E-state index >= 15 is 0 Å². The molecule has 98 valence electrons. The number of nitrogens with zero attached hydrogens (tertiary/aromatic N) is 2. The third-order valence-corrected chi connectivity index (χ3v) is 3.41. The summed E-state index contributed by atoms with van der Waals surface area (Å²) >= 11 is 0. The Kier molecular flexibility index (Phi) is 5.41. The third kappa shape index (κ3) is 4.00. The average molecular weight is 241 g/mol. The van der Waals surface area contributed by atoms with E-state index in [1.807, 2.05) is 0 Å². The Bertz CT molecular complexity index is 277. The molecule has 2 N–H and O–H groups in total. The fourth-order valence-electron chi connectivity index (χ4n) is 2.20. The van der Waals surface area contributed by atoms with E-state index in [1.165, 1.54) is 0 Å². The predicted molar refractivity (Wildman–Crippen MR) is 66.3 cm³/mol. The van der Waals surface area contributed by atoms with E-state index in [4.69, 9.17) is 5.73 Å². The van der Waals surface area contributed by atoms with Gasteiger partial charge in [0.1, 0.15) is 0 Å². The molecule has 0 saturated carbocycles. The van der Waals surface area contributed by atoms with Gasteiger partial charge in [0.25, 0.3) is 0 Å². The highest BCUT2D eigenvalue weighted by Crippen LogP contribution is 2.17. The first kappa shape index (κ1) is 14.0. The number of nitrogens with two attached hydrogens (primary N) is 1. The van der Waals surface area contributed by atoms with Crippen LogP contribution in [-0.2, 0) is 9.59 Å². The highest BCUT2D eigenvalue weighted by molar-refractivity contribution is 5.88. The lowest BCUT2D eigenvalue weighted by Crippen LogP contribution is -2.32. The molecule has 5 nitrogen and oxygen atoms in total. The van der Waals surface area contributed by atoms with Gasteiger partial charge in [-0.15, -0.1) is 0 Å². The van der Waals surface area contributed by atoms with Gasteiger partial charge in [-0.1, -0.05) is 13.8 Å². The zero-order valence-electron chi connectivity index (χ0n) is 10.8. The Labute approximate surface area is 103 Å². The Morgan fingerprint density at radius 2 is 2.12 bits per heavy atom. The van der Waals surface area contributed by atoms with Gasteiger partial charge < -0.3 is 15.5 Å². The Morgan fingerprint density at radius 1 is 1.47 bits per heavy atom. The summed E-state index contributed by atoms with van der Waals surface area (Å²) in [6.45, 7) is 8.58. The number of likely N-dealkylation sites (tertiary alicyclic amines) is 1. The van der Waals surface area contributed by atoms with Crippen LogP contribution in [0.15, 0.2) is 0 Å². The van der Waals surface area contributed by atoms with Gasteiger partial charge in [-0.05, 0) is 26.1 Å². The maximum Gasteiger partial charge on any atom is 0.223 e. The SMILES string of the molecule is CCN(CC)CCCN1CC(C(N)=O)CC1=O. The zero-order valence-corrected chi connectivity index (χ0v) is 10.8. The smallest absolute Gasteiger partial charge is 0.223 e. The first-order valence-electron chi connectivity index (χ1n) is 6.37. The molecule has 0 bridgehead atoms. The largest absolute Gasteiger partial charge is 0.369 e. The molecule has 0 spiro atoms. The van der Waals surface area contributed by atoms with Crippen LogP contribution in [0.3, 0.4) is 0 Å². The van der Waals surface area contributed by atoms with Crippen molar-refractivity contribution >= 4 is 11.8 Å². The quantitative estimate of drug-likeness (QED) is 0.685. The van der Waals surface area contributed by atoms with Gasteiger partial charge in [0.15, 0.2) is 0 Å². The van der Waals surface area contributed by atoms with E-state index in [9.17, 15) is 9.59 Å². The minimum atomic E-state index is -0.357. The van der Waals surface area contributed by atoms with Gasteiger partial charge >= 0.3 is 0 Å². The van der Waals surface area contributed by atoms with E-state index in [0.717, 1.165) is 32.6 Å². The van der Waals surface area contributed by atoms with Gasteiger partial charge in [-0.3, -0.25) is 9.59 Å². The molecule has 1 fully saturated rings. The van der Waals surface area contributed by atoms with E-state index in [-0.39, 0.29) is 17.7 Å². The standard InChI is InChI=1S/C12H23N3O2/c1-3-14(4-2)6-5-7-15-9-10(12(13)17)8-11(15)16/h10H,3-9H2,1-2H3,(H2,13,17). The van der Waals surface area contributed by atoms with Crippen LogP contribution in [0, 0.1) is 5.92 Å². The number of rotatable bonds is 7. The number of primary amides is 1. The van der Waals surface area contributed by atoms with Gasteiger partial charge in [-0.25, -0.2) is 0 Å². The normalized spacial score (nSPS) is 20.3. The fraction of sp³-hybridized carbons (Fsp3) is 0.833. The van der Waals surface area contributed by atoms with Crippen molar-refractivity contribution in [1.29, 1.82) is 0 Å². The Balaban J connectivity index is 2.28. The molecule has 0 aromatic rings. The first-order chi connectivity index (χ1) is 8.08. The molecule has 1 atom stereocenters. The number of amides is 2. The van der Waals surface area contributed by atoms with E-state index in [2.05, 4.69) is 18.7 Å². The lowest BCUT2D eigenvalue weighted by Gasteiger charge is -2.21. The van der Waals surface area contributed by atoms with Crippen molar-refractivity contribution < 1.29 is 9.59 Å². The molecule has 0 aromatic heterocycles. The summed E-state index contributed by atoms with van der Waals surface area (Å²) in [6.07, 6.45) is 1.25. The third-order valence-electron chi connectivity index (χ3n) is 3.41. The maximum absolute atomic E-state index is 11.6. The van der Waals surface area contributed by atoms with Crippen LogP contribution in [-0.4, -0.2) is 54.3 Å². The van der Waals surface area contributed by atoms with Crippen molar-refractivity contribution in [3.05, 3.63) is 0 Å². The summed E-state index contributed by atoms with van der Waals surface area (Å²) in [5, 5.41) is 0. The van der Waals surface area contributed by atoms with Gasteiger partial charge in [0, 0.05) is 19.5 Å². The molecule has 1 aliphatic heterocycles. The van der Waals surface area contributed by atoms with Crippen molar-refractivity contribution in [2.75, 3.05) is 32.7 Å². The molecule has 1 saturated heterocycles. The number of carbonyl (C=O) groups is 2. The summed E-state index contributed by atoms with van der Waals surface area (Å²) in [7, 11) is 0. The molecule has 0 aliphatic carbocycles. The van der Waals surface area contributed by atoms with Crippen LogP contribution in [0.1, 0.15) is 26.7 Å². The number of hydrogen-bond donors (Lipinski definition) is 1. The van der Waals surface area contributed by atoms with Crippen LogP contribution in [0.25, 0.3) is 0 Å². The van der Waals surface area contributed by atoms with E-state index in [0.29, 0.717) is 13.0 Å². The molecule has 1 unspecified atom stereocenters. The highest BCUT2D eigenvalue weighted by atomic mass is 16.2. The lowest BCUT2D eigenvalue weighted by molar-refractivity contribution is -0.128. The van der Waals surface area contributed by atoms with E-state index < -0.39 is 0 Å². The summed E-state index contributed by atoms with van der Waals surface area (Å²) in [5.74, 6) is -0.575. The van der Waals surface area contributed by atoms with Crippen molar-refractivity contribution in [2.45, 2.75) is 26.7 Å². The summed E-state index contributed by atoms with van der Waals surface area (Å²) in [6, 6.07) is 0. The zero-order chi connectivity index (χ0) is 12.8. The topological polar surface area (TPSA) is 66.6 Å².